The zero-order valence-electron chi connectivity index (χ0n) is 8.50. The lowest BCUT2D eigenvalue weighted by molar-refractivity contribution is -0.111. The average Bonchev–Trinajstić information content (AvgIpc) is 2.24. The Balaban J connectivity index is 2.57. The van der Waals surface area contributed by atoms with Gasteiger partial charge in [0.25, 0.3) is 0 Å². The number of hydrogen-bond donors (Lipinski definition) is 1. The summed E-state index contributed by atoms with van der Waals surface area (Å²) in [5.41, 5.74) is 2.15. The van der Waals surface area contributed by atoms with Crippen LogP contribution in [0, 0.1) is 0 Å². The molecule has 2 nitrogen and oxygen atoms in total. The van der Waals surface area contributed by atoms with Crippen LogP contribution in [0.3, 0.4) is 0 Å². The summed E-state index contributed by atoms with van der Waals surface area (Å²) < 4.78 is 0. The summed E-state index contributed by atoms with van der Waals surface area (Å²) in [7, 11) is 0. The molecule has 0 unspecified atom stereocenters. The van der Waals surface area contributed by atoms with Gasteiger partial charge in [0.15, 0.2) is 0 Å². The van der Waals surface area contributed by atoms with Gasteiger partial charge < -0.3 is 5.32 Å². The number of halogens is 1. The van der Waals surface area contributed by atoms with E-state index in [0.717, 1.165) is 17.8 Å². The van der Waals surface area contributed by atoms with Crippen molar-refractivity contribution in [3.8, 4) is 0 Å². The van der Waals surface area contributed by atoms with Crippen molar-refractivity contribution >= 4 is 22.5 Å². The number of aryl methyl sites for hydroxylation is 1. The third-order valence-electron chi connectivity index (χ3n) is 1.99. The van der Waals surface area contributed by atoms with Crippen LogP contribution in [0.4, 0.5) is 5.69 Å². The molecule has 0 aliphatic heterocycles. The van der Waals surface area contributed by atoms with E-state index in [1.807, 2.05) is 24.3 Å². The van der Waals surface area contributed by atoms with Crippen LogP contribution in [0.5, 0.6) is 0 Å². The minimum atomic E-state index is -0.292. The number of anilines is 1. The van der Waals surface area contributed by atoms with E-state index in [2.05, 4.69) is 11.9 Å². The van der Waals surface area contributed by atoms with Gasteiger partial charge in [0.1, 0.15) is 0 Å². The molecule has 0 aliphatic rings. The smallest absolute Gasteiger partial charge is 0.221 e. The van der Waals surface area contributed by atoms with Crippen LogP contribution in [0.2, 0.25) is 0 Å². The molecule has 0 saturated heterocycles. The number of nitrogens with one attached hydrogen (secondary N) is 1. The fourth-order valence-corrected chi connectivity index (χ4v) is 1.36. The van der Waals surface area contributed by atoms with E-state index in [4.69, 9.17) is 11.6 Å². The Bertz CT molecular complexity index is 349. The molecule has 80 valence electrons. The monoisotopic (exact) mass is 223 g/mol. The van der Waals surface area contributed by atoms with Gasteiger partial charge in [0, 0.05) is 18.7 Å². The van der Waals surface area contributed by atoms with Crippen molar-refractivity contribution in [2.45, 2.75) is 12.8 Å². The van der Waals surface area contributed by atoms with Crippen LogP contribution in [-0.2, 0) is 11.2 Å². The molecule has 1 N–H and O–H groups in total. The van der Waals surface area contributed by atoms with E-state index >= 15 is 0 Å². The molecule has 0 radical (unpaired) electrons. The SMILES string of the molecule is C=CCNc1cccc(CCC(=O)Cl)c1. The summed E-state index contributed by atoms with van der Waals surface area (Å²) >= 11 is 5.28. The minimum Gasteiger partial charge on any atom is -0.382 e. The molecule has 0 bridgehead atoms. The molecule has 0 aromatic heterocycles. The lowest BCUT2D eigenvalue weighted by Gasteiger charge is -2.05. The van der Waals surface area contributed by atoms with E-state index < -0.39 is 0 Å². The highest BCUT2D eigenvalue weighted by Crippen LogP contribution is 2.12. The molecular formula is C12H14ClNO. The average molecular weight is 224 g/mol. The van der Waals surface area contributed by atoms with Crippen LogP contribution in [0.25, 0.3) is 0 Å². The van der Waals surface area contributed by atoms with Gasteiger partial charge in [-0.3, -0.25) is 4.79 Å². The number of benzene rings is 1. The number of carbonyl (C=O) groups excluding carboxylic acids is 1. The van der Waals surface area contributed by atoms with Gasteiger partial charge in [-0.15, -0.1) is 6.58 Å². The quantitative estimate of drug-likeness (QED) is 0.594. The van der Waals surface area contributed by atoms with Gasteiger partial charge >= 0.3 is 0 Å². The Morgan fingerprint density at radius 2 is 2.33 bits per heavy atom. The van der Waals surface area contributed by atoms with Crippen LogP contribution in [0.1, 0.15) is 12.0 Å². The van der Waals surface area contributed by atoms with Gasteiger partial charge in [-0.05, 0) is 35.7 Å². The Hall–Kier alpha value is -1.28. The third kappa shape index (κ3) is 4.66. The van der Waals surface area contributed by atoms with Gasteiger partial charge in [0.2, 0.25) is 5.24 Å². The first kappa shape index (κ1) is 11.8. The summed E-state index contributed by atoms with van der Waals surface area (Å²) in [4.78, 5) is 10.6. The summed E-state index contributed by atoms with van der Waals surface area (Å²) in [6.07, 6.45) is 2.87. The first-order chi connectivity index (χ1) is 7.22. The summed E-state index contributed by atoms with van der Waals surface area (Å²) in [5.74, 6) is 0. The van der Waals surface area contributed by atoms with Crippen LogP contribution in [0.15, 0.2) is 36.9 Å². The van der Waals surface area contributed by atoms with E-state index in [1.54, 1.807) is 6.08 Å². The lowest BCUT2D eigenvalue weighted by atomic mass is 10.1. The molecule has 15 heavy (non-hydrogen) atoms. The molecular weight excluding hydrogens is 210 g/mol. The van der Waals surface area contributed by atoms with Gasteiger partial charge in [-0.25, -0.2) is 0 Å². The molecule has 0 amide bonds. The zero-order chi connectivity index (χ0) is 11.1. The van der Waals surface area contributed by atoms with Crippen LogP contribution in [-0.4, -0.2) is 11.8 Å². The highest BCUT2D eigenvalue weighted by Gasteiger charge is 1.99. The maximum atomic E-state index is 10.6. The Morgan fingerprint density at radius 1 is 1.53 bits per heavy atom. The van der Waals surface area contributed by atoms with Gasteiger partial charge in [-0.1, -0.05) is 18.2 Å². The second-order valence-electron chi connectivity index (χ2n) is 3.23. The van der Waals surface area contributed by atoms with E-state index in [-0.39, 0.29) is 5.24 Å². The summed E-state index contributed by atoms with van der Waals surface area (Å²) in [6, 6.07) is 7.94. The molecule has 1 aromatic rings. The van der Waals surface area contributed by atoms with Crippen molar-refractivity contribution in [2.75, 3.05) is 11.9 Å². The maximum Gasteiger partial charge on any atom is 0.221 e. The van der Waals surface area contributed by atoms with Crippen molar-refractivity contribution in [3.05, 3.63) is 42.5 Å². The fraction of sp³-hybridized carbons (Fsp3) is 0.250. The van der Waals surface area contributed by atoms with Crippen molar-refractivity contribution < 1.29 is 4.79 Å². The van der Waals surface area contributed by atoms with Gasteiger partial charge in [0.05, 0.1) is 0 Å². The van der Waals surface area contributed by atoms with E-state index in [1.165, 1.54) is 0 Å². The molecule has 3 heteroatoms. The molecule has 0 fully saturated rings. The summed E-state index contributed by atoms with van der Waals surface area (Å²) in [5, 5.41) is 2.89. The van der Waals surface area contributed by atoms with Crippen LogP contribution < -0.4 is 5.32 Å². The molecule has 1 aromatic carbocycles. The molecule has 1 rings (SSSR count). The van der Waals surface area contributed by atoms with Crippen molar-refractivity contribution in [3.63, 3.8) is 0 Å². The Kier molecular flexibility index (Phi) is 4.91. The number of hydrogen-bond acceptors (Lipinski definition) is 2. The number of rotatable bonds is 6. The second-order valence-corrected chi connectivity index (χ2v) is 3.65. The molecule has 0 saturated carbocycles. The Labute approximate surface area is 94.9 Å². The van der Waals surface area contributed by atoms with Crippen LogP contribution >= 0.6 is 11.6 Å². The molecule has 0 aliphatic carbocycles. The largest absolute Gasteiger partial charge is 0.382 e. The van der Waals surface area contributed by atoms with E-state index in [9.17, 15) is 4.79 Å². The lowest BCUT2D eigenvalue weighted by Crippen LogP contribution is -1.98. The van der Waals surface area contributed by atoms with E-state index in [0.29, 0.717) is 12.8 Å². The minimum absolute atomic E-state index is 0.292. The van der Waals surface area contributed by atoms with Gasteiger partial charge in [-0.2, -0.15) is 0 Å². The Morgan fingerprint density at radius 3 is 3.00 bits per heavy atom. The normalized spacial score (nSPS) is 9.67. The second kappa shape index (κ2) is 6.25. The van der Waals surface area contributed by atoms with Crippen molar-refractivity contribution in [1.29, 1.82) is 0 Å². The topological polar surface area (TPSA) is 29.1 Å². The predicted molar refractivity (Wildman–Crippen MR) is 64.3 cm³/mol. The third-order valence-corrected chi connectivity index (χ3v) is 2.18. The fourth-order valence-electron chi connectivity index (χ4n) is 1.27. The summed E-state index contributed by atoms with van der Waals surface area (Å²) in [6.45, 7) is 4.37. The van der Waals surface area contributed by atoms with Crippen molar-refractivity contribution in [1.82, 2.24) is 0 Å². The highest BCUT2D eigenvalue weighted by molar-refractivity contribution is 6.63. The predicted octanol–water partition coefficient (Wildman–Crippen LogP) is 2.98. The van der Waals surface area contributed by atoms with Crippen molar-refractivity contribution in [2.24, 2.45) is 0 Å². The molecule has 0 atom stereocenters. The first-order valence-corrected chi connectivity index (χ1v) is 5.22. The molecule has 0 heterocycles. The zero-order valence-corrected chi connectivity index (χ0v) is 9.26. The standard InChI is InChI=1S/C12H14ClNO/c1-2-8-14-11-5-3-4-10(9-11)6-7-12(13)15/h2-5,9,14H,1,6-8H2. The first-order valence-electron chi connectivity index (χ1n) is 4.84. The maximum absolute atomic E-state index is 10.6. The highest BCUT2D eigenvalue weighted by atomic mass is 35.5. The number of carbonyl (C=O) groups is 1. The molecule has 0 spiro atoms.